The van der Waals surface area contributed by atoms with Gasteiger partial charge in [0.05, 0.1) is 49.3 Å². The maximum absolute atomic E-state index is 14.1. The van der Waals surface area contributed by atoms with E-state index in [4.69, 9.17) is 23.9 Å². The molecule has 0 saturated carbocycles. The van der Waals surface area contributed by atoms with Crippen LogP contribution in [0.5, 0.6) is 17.2 Å². The molecule has 1 aliphatic heterocycles. The SMILES string of the molecule is CCOC(=O)C1=C(c2ccccc2)N=c2s/c(=C/c3ccc(OCC(C)C)cc3)c(=O)n2[C@@H]1c1ccc(OC)c(OC)c1. The van der Waals surface area contributed by atoms with Gasteiger partial charge < -0.3 is 18.9 Å². The lowest BCUT2D eigenvalue weighted by atomic mass is 9.93. The number of nitrogens with zero attached hydrogens (tertiary/aromatic N) is 2. The third-order valence-corrected chi connectivity index (χ3v) is 7.84. The zero-order valence-electron chi connectivity index (χ0n) is 24.8. The normalized spacial score (nSPS) is 14.7. The second-order valence-electron chi connectivity index (χ2n) is 10.3. The van der Waals surface area contributed by atoms with E-state index in [-0.39, 0.29) is 17.7 Å². The maximum Gasteiger partial charge on any atom is 0.338 e. The van der Waals surface area contributed by atoms with Gasteiger partial charge in [-0.15, -0.1) is 0 Å². The minimum absolute atomic E-state index is 0.171. The summed E-state index contributed by atoms with van der Waals surface area (Å²) >= 11 is 1.27. The minimum Gasteiger partial charge on any atom is -0.493 e. The van der Waals surface area contributed by atoms with E-state index < -0.39 is 12.0 Å². The monoisotopic (exact) mass is 598 g/mol. The average molecular weight is 599 g/mol. The summed E-state index contributed by atoms with van der Waals surface area (Å²) in [6, 6.07) is 21.6. The highest BCUT2D eigenvalue weighted by Crippen LogP contribution is 2.38. The summed E-state index contributed by atoms with van der Waals surface area (Å²) in [5.41, 5.74) is 2.70. The zero-order chi connectivity index (χ0) is 30.5. The Labute approximate surface area is 254 Å². The number of thiazole rings is 1. The maximum atomic E-state index is 14.1. The Morgan fingerprint density at radius 1 is 1.00 bits per heavy atom. The topological polar surface area (TPSA) is 88.4 Å². The van der Waals surface area contributed by atoms with Crippen molar-refractivity contribution in [3.63, 3.8) is 0 Å². The minimum atomic E-state index is -0.820. The van der Waals surface area contributed by atoms with Crippen LogP contribution in [-0.2, 0) is 9.53 Å². The summed E-state index contributed by atoms with van der Waals surface area (Å²) < 4.78 is 24.4. The van der Waals surface area contributed by atoms with Gasteiger partial charge in [-0.1, -0.05) is 73.7 Å². The van der Waals surface area contributed by atoms with Crippen molar-refractivity contribution >= 4 is 29.1 Å². The first-order valence-corrected chi connectivity index (χ1v) is 14.9. The molecule has 0 amide bonds. The van der Waals surface area contributed by atoms with E-state index in [1.54, 1.807) is 37.8 Å². The van der Waals surface area contributed by atoms with Crippen molar-refractivity contribution in [1.29, 1.82) is 0 Å². The molecule has 9 heteroatoms. The van der Waals surface area contributed by atoms with E-state index in [9.17, 15) is 9.59 Å². The lowest BCUT2D eigenvalue weighted by Gasteiger charge is -2.26. The summed E-state index contributed by atoms with van der Waals surface area (Å²) in [4.78, 5) is 33.1. The molecule has 0 fully saturated rings. The van der Waals surface area contributed by atoms with Gasteiger partial charge in [0.15, 0.2) is 16.3 Å². The molecule has 8 nitrogen and oxygen atoms in total. The standard InChI is InChI=1S/C34H34N2O6S/c1-6-41-33(38)29-30(23-10-8-7-9-11-23)35-34-36(31(29)24-14-17-26(39-4)27(19-24)40-5)32(37)28(43-34)18-22-12-15-25(16-13-22)42-20-21(2)3/h7-19,21,31H,6,20H2,1-5H3/b28-18+/t31-/m1/s1. The lowest BCUT2D eigenvalue weighted by Crippen LogP contribution is -2.40. The second kappa shape index (κ2) is 13.1. The second-order valence-corrected chi connectivity index (χ2v) is 11.3. The van der Waals surface area contributed by atoms with Gasteiger partial charge in [0, 0.05) is 5.56 Å². The van der Waals surface area contributed by atoms with Crippen molar-refractivity contribution in [2.24, 2.45) is 10.9 Å². The molecule has 2 heterocycles. The molecule has 0 aliphatic carbocycles. The van der Waals surface area contributed by atoms with Gasteiger partial charge in [-0.05, 0) is 54.3 Å². The van der Waals surface area contributed by atoms with Crippen LogP contribution < -0.4 is 29.1 Å². The summed E-state index contributed by atoms with van der Waals surface area (Å²) in [5, 5.41) is 0. The Bertz CT molecular complexity index is 1820. The van der Waals surface area contributed by atoms with Crippen molar-refractivity contribution in [3.05, 3.63) is 115 Å². The molecular weight excluding hydrogens is 564 g/mol. The summed E-state index contributed by atoms with van der Waals surface area (Å²) in [6.07, 6.45) is 1.83. The number of fused-ring (bicyclic) bond motifs is 1. The number of hydrogen-bond donors (Lipinski definition) is 0. The van der Waals surface area contributed by atoms with Crippen molar-refractivity contribution in [2.75, 3.05) is 27.4 Å². The average Bonchev–Trinajstić information content (AvgIpc) is 3.34. The molecule has 43 heavy (non-hydrogen) atoms. The third-order valence-electron chi connectivity index (χ3n) is 6.86. The number of benzene rings is 3. The number of esters is 1. The Morgan fingerprint density at radius 2 is 1.72 bits per heavy atom. The molecular formula is C34H34N2O6S. The molecule has 0 N–H and O–H groups in total. The van der Waals surface area contributed by atoms with E-state index in [0.717, 1.165) is 16.9 Å². The molecule has 0 saturated heterocycles. The Morgan fingerprint density at radius 3 is 2.37 bits per heavy atom. The van der Waals surface area contributed by atoms with Crippen molar-refractivity contribution in [2.45, 2.75) is 26.8 Å². The van der Waals surface area contributed by atoms with Crippen LogP contribution in [0.1, 0.15) is 43.5 Å². The Kier molecular flexibility index (Phi) is 9.11. The molecule has 3 aromatic carbocycles. The summed E-state index contributed by atoms with van der Waals surface area (Å²) in [5.74, 6) is 1.65. The van der Waals surface area contributed by atoms with E-state index in [1.807, 2.05) is 66.7 Å². The number of carbonyl (C=O) groups excluding carboxylic acids is 1. The van der Waals surface area contributed by atoms with Gasteiger partial charge in [0.2, 0.25) is 0 Å². The van der Waals surface area contributed by atoms with Gasteiger partial charge >= 0.3 is 5.97 Å². The van der Waals surface area contributed by atoms with Crippen LogP contribution in [0, 0.1) is 5.92 Å². The highest BCUT2D eigenvalue weighted by atomic mass is 32.1. The van der Waals surface area contributed by atoms with E-state index in [1.165, 1.54) is 11.3 Å². The number of rotatable bonds is 10. The van der Waals surface area contributed by atoms with Crippen LogP contribution in [0.3, 0.4) is 0 Å². The largest absolute Gasteiger partial charge is 0.493 e. The van der Waals surface area contributed by atoms with Gasteiger partial charge in [0.25, 0.3) is 5.56 Å². The first-order valence-electron chi connectivity index (χ1n) is 14.1. The zero-order valence-corrected chi connectivity index (χ0v) is 25.6. The highest BCUT2D eigenvalue weighted by Gasteiger charge is 2.35. The van der Waals surface area contributed by atoms with Crippen LogP contribution in [0.4, 0.5) is 0 Å². The molecule has 0 unspecified atom stereocenters. The molecule has 0 spiro atoms. The van der Waals surface area contributed by atoms with Crippen LogP contribution in [-0.4, -0.2) is 38.0 Å². The van der Waals surface area contributed by atoms with Crippen LogP contribution in [0.15, 0.2) is 88.2 Å². The number of methoxy groups -OCH3 is 2. The third kappa shape index (κ3) is 6.27. The Hall–Kier alpha value is -4.63. The van der Waals surface area contributed by atoms with Crippen molar-refractivity contribution in [1.82, 2.24) is 4.57 Å². The smallest absolute Gasteiger partial charge is 0.338 e. The van der Waals surface area contributed by atoms with Crippen LogP contribution >= 0.6 is 11.3 Å². The molecule has 1 atom stereocenters. The molecule has 1 aromatic heterocycles. The molecule has 5 rings (SSSR count). The van der Waals surface area contributed by atoms with Crippen molar-refractivity contribution < 1.29 is 23.7 Å². The fraction of sp³-hybridized carbons (Fsp3) is 0.265. The number of ether oxygens (including phenoxy) is 4. The quantitative estimate of drug-likeness (QED) is 0.239. The van der Waals surface area contributed by atoms with Gasteiger partial charge in [-0.3, -0.25) is 9.36 Å². The summed E-state index contributed by atoms with van der Waals surface area (Å²) in [6.45, 7) is 6.74. The predicted octanol–water partition coefficient (Wildman–Crippen LogP) is 4.99. The number of hydrogen-bond acceptors (Lipinski definition) is 8. The first kappa shape index (κ1) is 29.8. The number of carbonyl (C=O) groups is 1. The van der Waals surface area contributed by atoms with E-state index in [0.29, 0.717) is 44.6 Å². The van der Waals surface area contributed by atoms with E-state index >= 15 is 0 Å². The molecule has 222 valence electrons. The molecule has 1 aliphatic rings. The van der Waals surface area contributed by atoms with Crippen molar-refractivity contribution in [3.8, 4) is 17.2 Å². The highest BCUT2D eigenvalue weighted by molar-refractivity contribution is 7.07. The fourth-order valence-electron chi connectivity index (χ4n) is 4.85. The van der Waals surface area contributed by atoms with E-state index in [2.05, 4.69) is 13.8 Å². The van der Waals surface area contributed by atoms with Crippen LogP contribution in [0.2, 0.25) is 0 Å². The predicted molar refractivity (Wildman–Crippen MR) is 167 cm³/mol. The lowest BCUT2D eigenvalue weighted by molar-refractivity contribution is -0.138. The summed E-state index contributed by atoms with van der Waals surface area (Å²) in [7, 11) is 3.10. The van der Waals surface area contributed by atoms with Gasteiger partial charge in [-0.25, -0.2) is 9.79 Å². The van der Waals surface area contributed by atoms with Gasteiger partial charge in [0.1, 0.15) is 5.75 Å². The number of aromatic nitrogens is 1. The molecule has 0 bridgehead atoms. The van der Waals surface area contributed by atoms with Crippen LogP contribution in [0.25, 0.3) is 11.8 Å². The first-order chi connectivity index (χ1) is 20.8. The Balaban J connectivity index is 1.73. The molecule has 0 radical (unpaired) electrons. The molecule has 4 aromatic rings. The fourth-order valence-corrected chi connectivity index (χ4v) is 5.85. The van der Waals surface area contributed by atoms with Gasteiger partial charge in [-0.2, -0.15) is 0 Å².